The zero-order valence-electron chi connectivity index (χ0n) is 14.2. The van der Waals surface area contributed by atoms with Crippen LogP contribution in [0, 0.1) is 5.82 Å². The van der Waals surface area contributed by atoms with Crippen molar-refractivity contribution >= 4 is 23.7 Å². The molecule has 6 nitrogen and oxygen atoms in total. The molecule has 0 atom stereocenters. The molecule has 2 rings (SSSR count). The minimum Gasteiger partial charge on any atom is -0.384 e. The van der Waals surface area contributed by atoms with E-state index in [4.69, 9.17) is 4.74 Å². The van der Waals surface area contributed by atoms with Crippen LogP contribution in [0.2, 0.25) is 0 Å². The summed E-state index contributed by atoms with van der Waals surface area (Å²) in [7, 11) is 3.56. The van der Waals surface area contributed by atoms with Crippen LogP contribution < -0.4 is 5.32 Å². The summed E-state index contributed by atoms with van der Waals surface area (Å²) in [5.41, 5.74) is 0.640. The number of ether oxygens (including phenoxy) is 1. The number of thioether (sulfide) groups is 1. The highest BCUT2D eigenvalue weighted by molar-refractivity contribution is 7.99. The topological polar surface area (TPSA) is 69.0 Å². The molecule has 0 saturated heterocycles. The predicted molar refractivity (Wildman–Crippen MR) is 95.8 cm³/mol. The highest BCUT2D eigenvalue weighted by Gasteiger charge is 2.09. The first kappa shape index (κ1) is 19.1. The van der Waals surface area contributed by atoms with Crippen LogP contribution in [0.5, 0.6) is 0 Å². The van der Waals surface area contributed by atoms with Gasteiger partial charge in [-0.2, -0.15) is 0 Å². The largest absolute Gasteiger partial charge is 0.384 e. The summed E-state index contributed by atoms with van der Waals surface area (Å²) in [6, 6.07) is 6.06. The van der Waals surface area contributed by atoms with E-state index >= 15 is 0 Å². The number of hydrogen-bond acceptors (Lipinski definition) is 5. The molecule has 0 aliphatic rings. The number of benzene rings is 1. The van der Waals surface area contributed by atoms with E-state index in [0.717, 1.165) is 16.7 Å². The molecule has 0 aliphatic carbocycles. The second kappa shape index (κ2) is 9.95. The number of aromatic nitrogens is 3. The number of rotatable bonds is 9. The van der Waals surface area contributed by atoms with Crippen molar-refractivity contribution in [3.63, 3.8) is 0 Å². The summed E-state index contributed by atoms with van der Waals surface area (Å²) in [5, 5.41) is 11.9. The lowest BCUT2D eigenvalue weighted by Gasteiger charge is -2.04. The first-order valence-electron chi connectivity index (χ1n) is 7.81. The van der Waals surface area contributed by atoms with Crippen molar-refractivity contribution in [2.45, 2.75) is 11.6 Å². The Morgan fingerprint density at radius 1 is 1.44 bits per heavy atom. The van der Waals surface area contributed by atoms with E-state index in [1.807, 2.05) is 11.6 Å². The first-order valence-corrected chi connectivity index (χ1v) is 8.80. The van der Waals surface area contributed by atoms with Crippen molar-refractivity contribution in [3.05, 3.63) is 47.5 Å². The van der Waals surface area contributed by atoms with Gasteiger partial charge in [0.05, 0.1) is 6.61 Å². The Kier molecular flexibility index (Phi) is 7.62. The Balaban J connectivity index is 1.77. The molecule has 8 heteroatoms. The van der Waals surface area contributed by atoms with Crippen LogP contribution in [0.1, 0.15) is 11.4 Å². The summed E-state index contributed by atoms with van der Waals surface area (Å²) in [6.45, 7) is 1.10. The van der Waals surface area contributed by atoms with Crippen LogP contribution >= 0.6 is 11.8 Å². The molecule has 1 aromatic heterocycles. The van der Waals surface area contributed by atoms with E-state index in [1.54, 1.807) is 37.1 Å². The third-order valence-corrected chi connectivity index (χ3v) is 4.35. The molecule has 25 heavy (non-hydrogen) atoms. The summed E-state index contributed by atoms with van der Waals surface area (Å²) in [4.78, 5) is 11.8. The number of methoxy groups -OCH3 is 1. The molecule has 0 saturated carbocycles. The number of hydrogen-bond donors (Lipinski definition) is 1. The lowest BCUT2D eigenvalue weighted by Crippen LogP contribution is -2.24. The normalized spacial score (nSPS) is 11.2. The van der Waals surface area contributed by atoms with Crippen molar-refractivity contribution in [1.29, 1.82) is 0 Å². The molecule has 134 valence electrons. The summed E-state index contributed by atoms with van der Waals surface area (Å²) < 4.78 is 20.0. The molecule has 0 radical (unpaired) electrons. The molecule has 0 unspecified atom stereocenters. The molecule has 0 fully saturated rings. The van der Waals surface area contributed by atoms with Crippen molar-refractivity contribution in [3.8, 4) is 0 Å². The maximum absolute atomic E-state index is 13.1. The minimum absolute atomic E-state index is 0.235. The fraction of sp³-hybridized carbons (Fsp3) is 0.353. The van der Waals surface area contributed by atoms with Crippen LogP contribution in [0.3, 0.4) is 0 Å². The fourth-order valence-corrected chi connectivity index (χ4v) is 2.87. The fourth-order valence-electron chi connectivity index (χ4n) is 2.04. The Morgan fingerprint density at radius 3 is 3.04 bits per heavy atom. The van der Waals surface area contributed by atoms with Gasteiger partial charge in [-0.05, 0) is 23.8 Å². The Labute approximate surface area is 150 Å². The molecule has 1 aromatic carbocycles. The molecular formula is C17H21FN4O2S. The molecule has 1 heterocycles. The van der Waals surface area contributed by atoms with Gasteiger partial charge in [0.2, 0.25) is 5.91 Å². The van der Waals surface area contributed by atoms with Crippen LogP contribution in [-0.2, 0) is 23.0 Å². The molecule has 0 spiro atoms. The Hall–Kier alpha value is -2.19. The van der Waals surface area contributed by atoms with Crippen molar-refractivity contribution < 1.29 is 13.9 Å². The molecule has 0 bridgehead atoms. The number of nitrogens with zero attached hydrogens (tertiary/aromatic N) is 3. The van der Waals surface area contributed by atoms with Crippen molar-refractivity contribution in [2.24, 2.45) is 7.05 Å². The minimum atomic E-state index is -0.330. The standard InChI is InChI=1S/C17H21FN4O2S/c1-22-15(20-21-17(22)25-11-10-24-2)8-9-19-16(23)7-6-13-4-3-5-14(18)12-13/h3-7,12H,8-11H2,1-2H3,(H,19,23)/b7-6+. The molecule has 1 N–H and O–H groups in total. The third kappa shape index (κ3) is 6.32. The number of carbonyl (C=O) groups is 1. The van der Waals surface area contributed by atoms with Crippen LogP contribution in [0.25, 0.3) is 6.08 Å². The average Bonchev–Trinajstić information content (AvgIpc) is 2.94. The maximum atomic E-state index is 13.1. The predicted octanol–water partition coefficient (Wildman–Crippen LogP) is 2.06. The Morgan fingerprint density at radius 2 is 2.28 bits per heavy atom. The smallest absolute Gasteiger partial charge is 0.244 e. The van der Waals surface area contributed by atoms with Crippen molar-refractivity contribution in [1.82, 2.24) is 20.1 Å². The summed E-state index contributed by atoms with van der Waals surface area (Å²) >= 11 is 1.57. The molecular weight excluding hydrogens is 343 g/mol. The van der Waals surface area contributed by atoms with Gasteiger partial charge in [0, 0.05) is 39.0 Å². The van der Waals surface area contributed by atoms with Gasteiger partial charge in [0.25, 0.3) is 0 Å². The highest BCUT2D eigenvalue weighted by Crippen LogP contribution is 2.15. The van der Waals surface area contributed by atoms with E-state index in [9.17, 15) is 9.18 Å². The molecule has 0 aliphatic heterocycles. The number of nitrogens with one attached hydrogen (secondary N) is 1. The Bertz CT molecular complexity index is 733. The van der Waals surface area contributed by atoms with Gasteiger partial charge in [0.1, 0.15) is 11.6 Å². The monoisotopic (exact) mass is 364 g/mol. The van der Waals surface area contributed by atoms with Crippen LogP contribution in [-0.4, -0.2) is 46.7 Å². The molecule has 2 aromatic rings. The maximum Gasteiger partial charge on any atom is 0.244 e. The number of halogens is 1. The average molecular weight is 364 g/mol. The third-order valence-electron chi connectivity index (χ3n) is 3.37. The van der Waals surface area contributed by atoms with Gasteiger partial charge in [-0.1, -0.05) is 23.9 Å². The van der Waals surface area contributed by atoms with E-state index in [2.05, 4.69) is 15.5 Å². The van der Waals surface area contributed by atoms with E-state index in [0.29, 0.717) is 25.1 Å². The second-order valence-corrected chi connectivity index (χ2v) is 6.29. The lowest BCUT2D eigenvalue weighted by atomic mass is 10.2. The summed E-state index contributed by atoms with van der Waals surface area (Å²) in [5.74, 6) is 1.05. The SMILES string of the molecule is COCCSc1nnc(CCNC(=O)/C=C/c2cccc(F)c2)n1C. The first-order chi connectivity index (χ1) is 12.1. The quantitative estimate of drug-likeness (QED) is 0.419. The van der Waals surface area contributed by atoms with Gasteiger partial charge < -0.3 is 14.6 Å². The highest BCUT2D eigenvalue weighted by atomic mass is 32.2. The van der Waals surface area contributed by atoms with Gasteiger partial charge in [-0.15, -0.1) is 10.2 Å². The van der Waals surface area contributed by atoms with Crippen molar-refractivity contribution in [2.75, 3.05) is 26.0 Å². The van der Waals surface area contributed by atoms with E-state index < -0.39 is 0 Å². The van der Waals surface area contributed by atoms with Gasteiger partial charge in [-0.25, -0.2) is 4.39 Å². The number of amides is 1. The molecule has 1 amide bonds. The van der Waals surface area contributed by atoms with Crippen LogP contribution in [0.15, 0.2) is 35.5 Å². The van der Waals surface area contributed by atoms with Gasteiger partial charge in [-0.3, -0.25) is 4.79 Å². The van der Waals surface area contributed by atoms with E-state index in [-0.39, 0.29) is 11.7 Å². The number of carbonyl (C=O) groups excluding carboxylic acids is 1. The van der Waals surface area contributed by atoms with E-state index in [1.165, 1.54) is 18.2 Å². The summed E-state index contributed by atoms with van der Waals surface area (Å²) in [6.07, 6.45) is 3.54. The van der Waals surface area contributed by atoms with Crippen LogP contribution in [0.4, 0.5) is 4.39 Å². The van der Waals surface area contributed by atoms with Gasteiger partial charge in [0.15, 0.2) is 5.16 Å². The zero-order chi connectivity index (χ0) is 18.1. The van der Waals surface area contributed by atoms with Gasteiger partial charge >= 0.3 is 0 Å². The second-order valence-electron chi connectivity index (χ2n) is 5.23. The lowest BCUT2D eigenvalue weighted by molar-refractivity contribution is -0.116. The zero-order valence-corrected chi connectivity index (χ0v) is 15.1.